The highest BCUT2D eigenvalue weighted by Gasteiger charge is 2.10. The Balaban J connectivity index is 2.53. The Morgan fingerprint density at radius 1 is 1.41 bits per heavy atom. The van der Waals surface area contributed by atoms with Crippen molar-refractivity contribution in [2.75, 3.05) is 6.54 Å². The lowest BCUT2D eigenvalue weighted by Gasteiger charge is -2.10. The van der Waals surface area contributed by atoms with Gasteiger partial charge in [0, 0.05) is 12.5 Å². The Hall–Kier alpha value is -1.29. The molecule has 0 aliphatic heterocycles. The lowest BCUT2D eigenvalue weighted by Crippen LogP contribution is -2.31. The molecule has 2 nitrogen and oxygen atoms in total. The fraction of sp³-hybridized carbons (Fsp3) is 0.462. The summed E-state index contributed by atoms with van der Waals surface area (Å²) in [6.07, 6.45) is 0.842. The number of carbonyl (C=O) groups excluding carboxylic acids is 1. The zero-order valence-electron chi connectivity index (χ0n) is 10.1. The molecular formula is C13H17F2NO. The van der Waals surface area contributed by atoms with E-state index in [1.165, 1.54) is 0 Å². The van der Waals surface area contributed by atoms with Crippen LogP contribution >= 0.6 is 0 Å². The molecule has 0 amide bonds. The van der Waals surface area contributed by atoms with Gasteiger partial charge in [-0.25, -0.2) is 8.78 Å². The summed E-state index contributed by atoms with van der Waals surface area (Å²) >= 11 is 0. The minimum absolute atomic E-state index is 0.0764. The van der Waals surface area contributed by atoms with Crippen molar-refractivity contribution in [2.24, 2.45) is 0 Å². The van der Waals surface area contributed by atoms with Gasteiger partial charge in [0.2, 0.25) is 0 Å². The lowest BCUT2D eigenvalue weighted by atomic mass is 10.1. The van der Waals surface area contributed by atoms with Crippen molar-refractivity contribution in [2.45, 2.75) is 32.7 Å². The maximum absolute atomic E-state index is 13.3. The van der Waals surface area contributed by atoms with E-state index in [1.54, 1.807) is 0 Å². The molecule has 0 bridgehead atoms. The van der Waals surface area contributed by atoms with Crippen molar-refractivity contribution in [3.8, 4) is 0 Å². The molecule has 0 heterocycles. The Bertz CT molecular complexity index is 393. The Morgan fingerprint density at radius 2 is 2.12 bits per heavy atom. The van der Waals surface area contributed by atoms with Crippen LogP contribution in [-0.4, -0.2) is 18.4 Å². The summed E-state index contributed by atoms with van der Waals surface area (Å²) in [5.74, 6) is -1.21. The third-order valence-electron chi connectivity index (χ3n) is 2.66. The van der Waals surface area contributed by atoms with Crippen LogP contribution in [0.15, 0.2) is 18.2 Å². The number of hydrogen-bond donors (Lipinski definition) is 1. The van der Waals surface area contributed by atoms with E-state index in [2.05, 4.69) is 5.32 Å². The van der Waals surface area contributed by atoms with E-state index in [1.807, 2.05) is 13.8 Å². The first kappa shape index (κ1) is 13.8. The second-order valence-corrected chi connectivity index (χ2v) is 4.14. The fourth-order valence-corrected chi connectivity index (χ4v) is 1.39. The van der Waals surface area contributed by atoms with Crippen LogP contribution < -0.4 is 5.32 Å². The molecule has 1 unspecified atom stereocenters. The van der Waals surface area contributed by atoms with Crippen LogP contribution in [0.1, 0.15) is 25.8 Å². The average molecular weight is 241 g/mol. The SMILES string of the molecule is CCC(C)NCC(=O)Cc1cc(F)ccc1F. The molecule has 1 aromatic carbocycles. The van der Waals surface area contributed by atoms with Gasteiger partial charge >= 0.3 is 0 Å². The molecule has 17 heavy (non-hydrogen) atoms. The first-order valence-corrected chi connectivity index (χ1v) is 5.72. The molecule has 0 aliphatic rings. The summed E-state index contributed by atoms with van der Waals surface area (Å²) in [6.45, 7) is 4.16. The van der Waals surface area contributed by atoms with Gasteiger partial charge in [-0.05, 0) is 37.1 Å². The number of benzene rings is 1. The minimum Gasteiger partial charge on any atom is -0.307 e. The molecule has 0 spiro atoms. The molecule has 94 valence electrons. The Labute approximate surface area is 100 Å². The molecule has 0 aliphatic carbocycles. The number of Topliss-reactive ketones (excluding diaryl/α,β-unsaturated/α-hetero) is 1. The van der Waals surface area contributed by atoms with Gasteiger partial charge in [-0.15, -0.1) is 0 Å². The molecule has 0 radical (unpaired) electrons. The predicted molar refractivity (Wildman–Crippen MR) is 62.8 cm³/mol. The van der Waals surface area contributed by atoms with Gasteiger partial charge in [0.1, 0.15) is 11.6 Å². The van der Waals surface area contributed by atoms with Gasteiger partial charge in [-0.1, -0.05) is 6.92 Å². The van der Waals surface area contributed by atoms with Gasteiger partial charge < -0.3 is 5.32 Å². The minimum atomic E-state index is -0.539. The second kappa shape index (κ2) is 6.45. The van der Waals surface area contributed by atoms with Crippen LogP contribution in [0.4, 0.5) is 8.78 Å². The average Bonchev–Trinajstić information content (AvgIpc) is 2.30. The van der Waals surface area contributed by atoms with E-state index in [0.29, 0.717) is 0 Å². The van der Waals surface area contributed by atoms with Crippen molar-refractivity contribution in [3.05, 3.63) is 35.4 Å². The largest absolute Gasteiger partial charge is 0.307 e. The maximum atomic E-state index is 13.3. The quantitative estimate of drug-likeness (QED) is 0.829. The van der Waals surface area contributed by atoms with Gasteiger partial charge in [0.25, 0.3) is 0 Å². The monoisotopic (exact) mass is 241 g/mol. The van der Waals surface area contributed by atoms with Crippen LogP contribution in [-0.2, 0) is 11.2 Å². The predicted octanol–water partition coefficient (Wildman–Crippen LogP) is 2.46. The second-order valence-electron chi connectivity index (χ2n) is 4.14. The normalized spacial score (nSPS) is 12.5. The van der Waals surface area contributed by atoms with Gasteiger partial charge in [0.05, 0.1) is 6.54 Å². The van der Waals surface area contributed by atoms with E-state index in [9.17, 15) is 13.6 Å². The molecule has 0 saturated heterocycles. The molecule has 1 atom stereocenters. The number of nitrogens with one attached hydrogen (secondary N) is 1. The zero-order chi connectivity index (χ0) is 12.8. The molecule has 0 saturated carbocycles. The third-order valence-corrected chi connectivity index (χ3v) is 2.66. The van der Waals surface area contributed by atoms with Gasteiger partial charge in [-0.2, -0.15) is 0 Å². The summed E-state index contributed by atoms with van der Waals surface area (Å²) in [5, 5.41) is 3.02. The van der Waals surface area contributed by atoms with Crippen LogP contribution in [0.2, 0.25) is 0 Å². The fourth-order valence-electron chi connectivity index (χ4n) is 1.39. The zero-order valence-corrected chi connectivity index (χ0v) is 10.1. The number of ketones is 1. The van der Waals surface area contributed by atoms with Crippen molar-refractivity contribution >= 4 is 5.78 Å². The first-order chi connectivity index (χ1) is 8.02. The highest BCUT2D eigenvalue weighted by atomic mass is 19.1. The molecule has 1 rings (SSSR count). The number of rotatable bonds is 6. The van der Waals surface area contributed by atoms with Crippen molar-refractivity contribution in [1.82, 2.24) is 5.32 Å². The van der Waals surface area contributed by atoms with Crippen LogP contribution in [0, 0.1) is 11.6 Å². The molecule has 0 fully saturated rings. The molecule has 0 aromatic heterocycles. The van der Waals surface area contributed by atoms with E-state index in [-0.39, 0.29) is 30.4 Å². The third kappa shape index (κ3) is 4.61. The van der Waals surface area contributed by atoms with E-state index in [4.69, 9.17) is 0 Å². The Kier molecular flexibility index (Phi) is 5.22. The highest BCUT2D eigenvalue weighted by molar-refractivity contribution is 5.82. The number of halogens is 2. The van der Waals surface area contributed by atoms with Gasteiger partial charge in [-0.3, -0.25) is 4.79 Å². The van der Waals surface area contributed by atoms with Crippen molar-refractivity contribution in [1.29, 1.82) is 0 Å². The van der Waals surface area contributed by atoms with E-state index < -0.39 is 11.6 Å². The summed E-state index contributed by atoms with van der Waals surface area (Å²) in [6, 6.07) is 3.40. The maximum Gasteiger partial charge on any atom is 0.151 e. The summed E-state index contributed by atoms with van der Waals surface area (Å²) in [4.78, 5) is 11.5. The molecule has 1 aromatic rings. The Morgan fingerprint density at radius 3 is 2.76 bits per heavy atom. The molecular weight excluding hydrogens is 224 g/mol. The smallest absolute Gasteiger partial charge is 0.151 e. The first-order valence-electron chi connectivity index (χ1n) is 5.72. The van der Waals surface area contributed by atoms with E-state index in [0.717, 1.165) is 24.6 Å². The van der Waals surface area contributed by atoms with Crippen LogP contribution in [0.25, 0.3) is 0 Å². The lowest BCUT2D eigenvalue weighted by molar-refractivity contribution is -0.117. The summed E-state index contributed by atoms with van der Waals surface area (Å²) < 4.78 is 26.1. The molecule has 1 N–H and O–H groups in total. The van der Waals surface area contributed by atoms with Crippen molar-refractivity contribution < 1.29 is 13.6 Å². The van der Waals surface area contributed by atoms with Crippen LogP contribution in [0.3, 0.4) is 0 Å². The molecule has 4 heteroatoms. The van der Waals surface area contributed by atoms with E-state index >= 15 is 0 Å². The standard InChI is InChI=1S/C13H17F2NO/c1-3-9(2)16-8-12(17)7-10-6-11(14)4-5-13(10)15/h4-6,9,16H,3,7-8H2,1-2H3. The number of hydrogen-bond acceptors (Lipinski definition) is 2. The summed E-state index contributed by atoms with van der Waals surface area (Å²) in [7, 11) is 0. The number of carbonyl (C=O) groups is 1. The van der Waals surface area contributed by atoms with Crippen LogP contribution in [0.5, 0.6) is 0 Å². The topological polar surface area (TPSA) is 29.1 Å². The van der Waals surface area contributed by atoms with Gasteiger partial charge in [0.15, 0.2) is 5.78 Å². The highest BCUT2D eigenvalue weighted by Crippen LogP contribution is 2.10. The van der Waals surface area contributed by atoms with Crippen molar-refractivity contribution in [3.63, 3.8) is 0 Å². The summed E-state index contributed by atoms with van der Waals surface area (Å²) in [5.41, 5.74) is 0.112.